The van der Waals surface area contributed by atoms with E-state index in [1.165, 1.54) is 17.0 Å². The highest BCUT2D eigenvalue weighted by Crippen LogP contribution is 2.43. The van der Waals surface area contributed by atoms with Crippen molar-refractivity contribution in [2.24, 2.45) is 13.0 Å². The van der Waals surface area contributed by atoms with Gasteiger partial charge in [-0.25, -0.2) is 4.79 Å². The third kappa shape index (κ3) is 4.10. The Balaban J connectivity index is 1.65. The molecule has 0 N–H and O–H groups in total. The van der Waals surface area contributed by atoms with Crippen molar-refractivity contribution in [2.75, 3.05) is 6.61 Å². The smallest absolute Gasteiger partial charge is 0.418 e. The SMILES string of the molecule is C=C(OCC)c1cc(C(F)(F)F)c2cn(-c3cccc(C(c4nncn4C)C4CCC4)c3)c(=O)n2c1. The highest BCUT2D eigenvalue weighted by molar-refractivity contribution is 5.65. The number of aryl methyl sites for hydroxylation is 1. The maximum Gasteiger partial charge on any atom is 0.418 e. The topological polar surface area (TPSA) is 66.3 Å². The molecule has 4 aromatic rings. The lowest BCUT2D eigenvalue weighted by Gasteiger charge is -2.33. The second-order valence-electron chi connectivity index (χ2n) is 9.10. The third-order valence-corrected chi connectivity index (χ3v) is 6.87. The maximum atomic E-state index is 14.0. The van der Waals surface area contributed by atoms with Crippen molar-refractivity contribution in [3.8, 4) is 5.69 Å². The van der Waals surface area contributed by atoms with Gasteiger partial charge in [-0.15, -0.1) is 10.2 Å². The third-order valence-electron chi connectivity index (χ3n) is 6.87. The van der Waals surface area contributed by atoms with Crippen LogP contribution in [0.25, 0.3) is 17.0 Å². The predicted molar refractivity (Wildman–Crippen MR) is 129 cm³/mol. The zero-order chi connectivity index (χ0) is 25.6. The summed E-state index contributed by atoms with van der Waals surface area (Å²) >= 11 is 0. The van der Waals surface area contributed by atoms with E-state index in [0.29, 0.717) is 11.6 Å². The van der Waals surface area contributed by atoms with E-state index in [4.69, 9.17) is 4.74 Å². The molecule has 1 fully saturated rings. The number of hydrogen-bond acceptors (Lipinski definition) is 4. The number of nitrogens with zero attached hydrogens (tertiary/aromatic N) is 5. The van der Waals surface area contributed by atoms with E-state index in [1.807, 2.05) is 29.8 Å². The second-order valence-corrected chi connectivity index (χ2v) is 9.10. The van der Waals surface area contributed by atoms with Crippen LogP contribution in [0.2, 0.25) is 0 Å². The van der Waals surface area contributed by atoms with Crippen LogP contribution < -0.4 is 5.69 Å². The lowest BCUT2D eigenvalue weighted by Crippen LogP contribution is -2.24. The van der Waals surface area contributed by atoms with E-state index in [2.05, 4.69) is 16.8 Å². The Kier molecular flexibility index (Phi) is 5.97. The van der Waals surface area contributed by atoms with E-state index >= 15 is 0 Å². The fourth-order valence-electron chi connectivity index (χ4n) is 4.86. The minimum absolute atomic E-state index is 0.0224. The standard InChI is InChI=1S/C26H26F3N5O2/c1-4-36-16(2)19-12-21(26(27,28)29)22-14-33(25(35)34(22)13-19)20-10-6-9-18(11-20)23(17-7-5-8-17)24-31-30-15-32(24)3/h6,9-15,17,23H,2,4-5,7-8H2,1,3H3. The largest absolute Gasteiger partial charge is 0.494 e. The van der Waals surface area contributed by atoms with Crippen molar-refractivity contribution in [1.29, 1.82) is 0 Å². The summed E-state index contributed by atoms with van der Waals surface area (Å²) in [5.41, 5.74) is -0.271. The van der Waals surface area contributed by atoms with Crippen molar-refractivity contribution in [2.45, 2.75) is 38.3 Å². The van der Waals surface area contributed by atoms with Gasteiger partial charge in [-0.3, -0.25) is 8.97 Å². The van der Waals surface area contributed by atoms with Crippen LogP contribution in [0.5, 0.6) is 0 Å². The molecular weight excluding hydrogens is 471 g/mol. The van der Waals surface area contributed by atoms with Gasteiger partial charge in [0.15, 0.2) is 0 Å². The van der Waals surface area contributed by atoms with Gasteiger partial charge in [-0.1, -0.05) is 25.1 Å². The highest BCUT2D eigenvalue weighted by Gasteiger charge is 2.35. The molecule has 7 nitrogen and oxygen atoms in total. The average Bonchev–Trinajstić information content (AvgIpc) is 3.38. The molecule has 3 aromatic heterocycles. The summed E-state index contributed by atoms with van der Waals surface area (Å²) in [4.78, 5) is 13.4. The number of alkyl halides is 3. The summed E-state index contributed by atoms with van der Waals surface area (Å²) in [5.74, 6) is 1.26. The van der Waals surface area contributed by atoms with Crippen LogP contribution in [0.4, 0.5) is 13.2 Å². The Morgan fingerprint density at radius 1 is 1.25 bits per heavy atom. The van der Waals surface area contributed by atoms with Gasteiger partial charge in [-0.2, -0.15) is 13.2 Å². The normalized spacial score (nSPS) is 15.1. The Bertz CT molecular complexity index is 1490. The van der Waals surface area contributed by atoms with Crippen LogP contribution in [0.15, 0.2) is 60.4 Å². The predicted octanol–water partition coefficient (Wildman–Crippen LogP) is 5.18. The molecule has 36 heavy (non-hydrogen) atoms. The number of fused-ring (bicyclic) bond motifs is 1. The van der Waals surface area contributed by atoms with Gasteiger partial charge >= 0.3 is 11.9 Å². The molecule has 1 aliphatic carbocycles. The van der Waals surface area contributed by atoms with E-state index < -0.39 is 17.4 Å². The van der Waals surface area contributed by atoms with E-state index in [9.17, 15) is 18.0 Å². The average molecular weight is 498 g/mol. The van der Waals surface area contributed by atoms with Gasteiger partial charge in [0.2, 0.25) is 0 Å². The first-order valence-electron chi connectivity index (χ1n) is 11.8. The number of imidazole rings is 1. The molecule has 0 aliphatic heterocycles. The maximum absolute atomic E-state index is 14.0. The van der Waals surface area contributed by atoms with Crippen LogP contribution in [0.1, 0.15) is 54.6 Å². The summed E-state index contributed by atoms with van der Waals surface area (Å²) in [6, 6.07) is 8.31. The first-order valence-corrected chi connectivity index (χ1v) is 11.8. The molecule has 5 rings (SSSR count). The molecule has 10 heteroatoms. The molecular formula is C26H26F3N5O2. The van der Waals surface area contributed by atoms with Gasteiger partial charge in [0, 0.05) is 30.9 Å². The molecule has 0 bridgehead atoms. The molecule has 0 saturated heterocycles. The van der Waals surface area contributed by atoms with Crippen molar-refractivity contribution in [3.05, 3.63) is 88.6 Å². The molecule has 0 spiro atoms. The Morgan fingerprint density at radius 3 is 2.64 bits per heavy atom. The fraction of sp³-hybridized carbons (Fsp3) is 0.346. The van der Waals surface area contributed by atoms with Gasteiger partial charge in [0.05, 0.1) is 23.4 Å². The molecule has 0 radical (unpaired) electrons. The van der Waals surface area contributed by atoms with Crippen molar-refractivity contribution in [1.82, 2.24) is 23.7 Å². The molecule has 3 heterocycles. The minimum Gasteiger partial charge on any atom is -0.494 e. The van der Waals surface area contributed by atoms with Gasteiger partial charge in [0.25, 0.3) is 0 Å². The van der Waals surface area contributed by atoms with Gasteiger partial charge in [0.1, 0.15) is 17.9 Å². The molecule has 1 saturated carbocycles. The van der Waals surface area contributed by atoms with Crippen LogP contribution in [-0.2, 0) is 18.0 Å². The Labute approximate surface area is 205 Å². The van der Waals surface area contributed by atoms with Crippen LogP contribution >= 0.6 is 0 Å². The zero-order valence-corrected chi connectivity index (χ0v) is 20.0. The summed E-state index contributed by atoms with van der Waals surface area (Å²) in [5, 5.41) is 8.36. The van der Waals surface area contributed by atoms with Crippen LogP contribution in [0.3, 0.4) is 0 Å². The minimum atomic E-state index is -4.67. The summed E-state index contributed by atoms with van der Waals surface area (Å²) in [6.07, 6.45) is 2.80. The van der Waals surface area contributed by atoms with E-state index in [1.54, 1.807) is 19.3 Å². The first kappa shape index (κ1) is 23.9. The number of aromatic nitrogens is 5. The highest BCUT2D eigenvalue weighted by atomic mass is 19.4. The fourth-order valence-corrected chi connectivity index (χ4v) is 4.86. The molecule has 188 valence electrons. The molecule has 1 atom stereocenters. The summed E-state index contributed by atoms with van der Waals surface area (Å²) in [6.45, 7) is 5.66. The molecule has 1 aliphatic rings. The van der Waals surface area contributed by atoms with Crippen molar-refractivity contribution < 1.29 is 17.9 Å². The number of halogens is 3. The quantitative estimate of drug-likeness (QED) is 0.330. The summed E-state index contributed by atoms with van der Waals surface area (Å²) < 4.78 is 51.4. The number of pyridine rings is 1. The number of hydrogen-bond donors (Lipinski definition) is 0. The molecule has 0 amide bonds. The van der Waals surface area contributed by atoms with Crippen molar-refractivity contribution >= 4 is 11.3 Å². The Hall–Kier alpha value is -3.82. The van der Waals surface area contributed by atoms with Crippen molar-refractivity contribution in [3.63, 3.8) is 0 Å². The number of benzene rings is 1. The van der Waals surface area contributed by atoms with Crippen LogP contribution in [-0.4, -0.2) is 30.3 Å². The zero-order valence-electron chi connectivity index (χ0n) is 20.0. The monoisotopic (exact) mass is 497 g/mol. The van der Waals surface area contributed by atoms with Crippen LogP contribution in [0, 0.1) is 5.92 Å². The number of ether oxygens (including phenoxy) is 1. The molecule has 1 unspecified atom stereocenters. The lowest BCUT2D eigenvalue weighted by atomic mass is 9.72. The molecule has 1 aromatic carbocycles. The van der Waals surface area contributed by atoms with Gasteiger partial charge < -0.3 is 9.30 Å². The number of rotatable bonds is 7. The van der Waals surface area contributed by atoms with Gasteiger partial charge in [-0.05, 0) is 49.4 Å². The van der Waals surface area contributed by atoms with E-state index in [-0.39, 0.29) is 29.4 Å². The lowest BCUT2D eigenvalue weighted by molar-refractivity contribution is -0.136. The Morgan fingerprint density at radius 2 is 2.03 bits per heavy atom. The van der Waals surface area contributed by atoms with E-state index in [0.717, 1.165) is 41.1 Å². The second kappa shape index (κ2) is 9.00. The first-order chi connectivity index (χ1) is 17.2. The summed E-state index contributed by atoms with van der Waals surface area (Å²) in [7, 11) is 1.89.